The molecule has 1 N–H and O–H groups in total. The molecular formula is C24H24BrNO4S. The number of anilines is 1. The average Bonchev–Trinajstić information content (AvgIpc) is 3.17. The van der Waals surface area contributed by atoms with E-state index in [4.69, 9.17) is 9.47 Å². The molecule has 1 amide bonds. The number of hydrogen-bond acceptors (Lipinski definition) is 5. The first kappa shape index (κ1) is 23.0. The van der Waals surface area contributed by atoms with Crippen LogP contribution in [0.2, 0.25) is 0 Å². The Morgan fingerprint density at radius 2 is 1.87 bits per heavy atom. The van der Waals surface area contributed by atoms with Crippen molar-refractivity contribution in [3.63, 3.8) is 0 Å². The lowest BCUT2D eigenvalue weighted by Gasteiger charge is -2.12. The molecule has 0 saturated heterocycles. The van der Waals surface area contributed by atoms with Gasteiger partial charge in [-0.3, -0.25) is 4.79 Å². The highest BCUT2D eigenvalue weighted by Crippen LogP contribution is 2.36. The van der Waals surface area contributed by atoms with Crippen LogP contribution >= 0.6 is 27.3 Å². The molecule has 0 bridgehead atoms. The van der Waals surface area contributed by atoms with Gasteiger partial charge in [-0.1, -0.05) is 50.2 Å². The lowest BCUT2D eigenvalue weighted by Crippen LogP contribution is -2.21. The van der Waals surface area contributed by atoms with Gasteiger partial charge in [0, 0.05) is 10.9 Å². The Labute approximate surface area is 194 Å². The number of benzene rings is 2. The SMILES string of the molecule is CCOC(=O)c1c(-c2ccccc2)csc1NC(=O)COc1ccc(C(C)C)cc1Br. The predicted octanol–water partition coefficient (Wildman–Crippen LogP) is 6.50. The first-order valence-corrected chi connectivity index (χ1v) is 11.6. The van der Waals surface area contributed by atoms with Crippen molar-refractivity contribution in [3.05, 3.63) is 69.5 Å². The van der Waals surface area contributed by atoms with Crippen LogP contribution in [-0.4, -0.2) is 25.1 Å². The van der Waals surface area contributed by atoms with Crippen LogP contribution in [0, 0.1) is 0 Å². The number of esters is 1. The summed E-state index contributed by atoms with van der Waals surface area (Å²) < 4.78 is 11.7. The zero-order valence-electron chi connectivity index (χ0n) is 17.6. The van der Waals surface area contributed by atoms with E-state index in [0.717, 1.165) is 15.6 Å². The van der Waals surface area contributed by atoms with E-state index >= 15 is 0 Å². The molecule has 0 atom stereocenters. The summed E-state index contributed by atoms with van der Waals surface area (Å²) in [5, 5.41) is 5.09. The molecule has 1 heterocycles. The van der Waals surface area contributed by atoms with E-state index in [0.29, 0.717) is 22.2 Å². The fourth-order valence-corrected chi connectivity index (χ4v) is 4.47. The zero-order chi connectivity index (χ0) is 22.4. The van der Waals surface area contributed by atoms with Gasteiger partial charge in [0.1, 0.15) is 16.3 Å². The number of nitrogens with one attached hydrogen (secondary N) is 1. The Kier molecular flexibility index (Phi) is 7.87. The quantitative estimate of drug-likeness (QED) is 0.358. The maximum Gasteiger partial charge on any atom is 0.341 e. The first-order valence-electron chi connectivity index (χ1n) is 9.96. The Bertz CT molecular complexity index is 1060. The smallest absolute Gasteiger partial charge is 0.341 e. The van der Waals surface area contributed by atoms with Crippen molar-refractivity contribution in [1.29, 1.82) is 0 Å². The summed E-state index contributed by atoms with van der Waals surface area (Å²) >= 11 is 4.78. The third kappa shape index (κ3) is 5.74. The molecule has 5 nitrogen and oxygen atoms in total. The van der Waals surface area contributed by atoms with Crippen LogP contribution in [0.1, 0.15) is 42.6 Å². The maximum atomic E-state index is 12.6. The summed E-state index contributed by atoms with van der Waals surface area (Å²) in [5.74, 6) is 0.159. The second kappa shape index (κ2) is 10.6. The normalized spacial score (nSPS) is 10.7. The molecule has 0 radical (unpaired) electrons. The highest BCUT2D eigenvalue weighted by atomic mass is 79.9. The Balaban J connectivity index is 1.75. The number of halogens is 1. The minimum absolute atomic E-state index is 0.180. The molecule has 0 aliphatic carbocycles. The van der Waals surface area contributed by atoms with Gasteiger partial charge in [-0.05, 0) is 52.0 Å². The minimum Gasteiger partial charge on any atom is -0.483 e. The monoisotopic (exact) mass is 501 g/mol. The van der Waals surface area contributed by atoms with E-state index in [1.807, 2.05) is 53.9 Å². The van der Waals surface area contributed by atoms with Crippen LogP contribution in [0.15, 0.2) is 58.4 Å². The average molecular weight is 502 g/mol. The fourth-order valence-electron chi connectivity index (χ4n) is 2.99. The van der Waals surface area contributed by atoms with Crippen molar-refractivity contribution in [2.45, 2.75) is 26.7 Å². The standard InChI is InChI=1S/C24H24BrNO4S/c1-4-29-24(28)22-18(16-8-6-5-7-9-16)14-31-23(22)26-21(27)13-30-20-11-10-17(15(2)3)12-19(20)25/h5-12,14-15H,4,13H2,1-3H3,(H,26,27). The van der Waals surface area contributed by atoms with Crippen molar-refractivity contribution < 1.29 is 19.1 Å². The molecule has 0 saturated carbocycles. The van der Waals surface area contributed by atoms with Gasteiger partial charge in [-0.15, -0.1) is 11.3 Å². The Hall–Kier alpha value is -2.64. The maximum absolute atomic E-state index is 12.6. The molecule has 162 valence electrons. The van der Waals surface area contributed by atoms with Gasteiger partial charge >= 0.3 is 5.97 Å². The summed E-state index contributed by atoms with van der Waals surface area (Å²) in [7, 11) is 0. The third-order valence-electron chi connectivity index (χ3n) is 4.59. The zero-order valence-corrected chi connectivity index (χ0v) is 20.0. The fraction of sp³-hybridized carbons (Fsp3) is 0.250. The van der Waals surface area contributed by atoms with E-state index in [1.54, 1.807) is 6.92 Å². The van der Waals surface area contributed by atoms with Crippen LogP contribution in [0.25, 0.3) is 11.1 Å². The lowest BCUT2D eigenvalue weighted by atomic mass is 10.0. The summed E-state index contributed by atoms with van der Waals surface area (Å²) in [6.45, 7) is 6.05. The largest absolute Gasteiger partial charge is 0.483 e. The number of rotatable bonds is 8. The summed E-state index contributed by atoms with van der Waals surface area (Å²) in [6.07, 6.45) is 0. The van der Waals surface area contributed by atoms with E-state index in [1.165, 1.54) is 16.9 Å². The summed E-state index contributed by atoms with van der Waals surface area (Å²) in [5.41, 5.74) is 3.14. The molecule has 0 fully saturated rings. The Morgan fingerprint density at radius 3 is 2.52 bits per heavy atom. The van der Waals surface area contributed by atoms with Gasteiger partial charge in [0.25, 0.3) is 5.91 Å². The second-order valence-electron chi connectivity index (χ2n) is 7.12. The van der Waals surface area contributed by atoms with Crippen molar-refractivity contribution in [2.75, 3.05) is 18.5 Å². The highest BCUT2D eigenvalue weighted by molar-refractivity contribution is 9.10. The first-order chi connectivity index (χ1) is 14.9. The van der Waals surface area contributed by atoms with Crippen LogP contribution in [0.5, 0.6) is 5.75 Å². The molecule has 3 rings (SSSR count). The van der Waals surface area contributed by atoms with E-state index in [2.05, 4.69) is 35.1 Å². The topological polar surface area (TPSA) is 64.6 Å². The number of ether oxygens (including phenoxy) is 2. The van der Waals surface area contributed by atoms with Crippen molar-refractivity contribution in [1.82, 2.24) is 0 Å². The van der Waals surface area contributed by atoms with E-state index in [-0.39, 0.29) is 19.1 Å². The molecular weight excluding hydrogens is 478 g/mol. The van der Waals surface area contributed by atoms with Crippen LogP contribution < -0.4 is 10.1 Å². The molecule has 1 aromatic heterocycles. The number of hydrogen-bond donors (Lipinski definition) is 1. The van der Waals surface area contributed by atoms with Crippen molar-refractivity contribution in [2.24, 2.45) is 0 Å². The molecule has 3 aromatic rings. The number of thiophene rings is 1. The van der Waals surface area contributed by atoms with Gasteiger partial charge in [0.2, 0.25) is 0 Å². The van der Waals surface area contributed by atoms with Crippen LogP contribution in [0.4, 0.5) is 5.00 Å². The Morgan fingerprint density at radius 1 is 1.13 bits per heavy atom. The van der Waals surface area contributed by atoms with Crippen LogP contribution in [0.3, 0.4) is 0 Å². The van der Waals surface area contributed by atoms with Gasteiger partial charge in [-0.25, -0.2) is 4.79 Å². The number of carbonyl (C=O) groups is 2. The minimum atomic E-state index is -0.467. The molecule has 0 spiro atoms. The van der Waals surface area contributed by atoms with Gasteiger partial charge < -0.3 is 14.8 Å². The molecule has 0 aliphatic rings. The van der Waals surface area contributed by atoms with Gasteiger partial charge in [0.15, 0.2) is 6.61 Å². The van der Waals surface area contributed by atoms with Crippen molar-refractivity contribution in [3.8, 4) is 16.9 Å². The van der Waals surface area contributed by atoms with E-state index < -0.39 is 5.97 Å². The number of amides is 1. The van der Waals surface area contributed by atoms with E-state index in [9.17, 15) is 9.59 Å². The van der Waals surface area contributed by atoms with Gasteiger partial charge in [-0.2, -0.15) is 0 Å². The lowest BCUT2D eigenvalue weighted by molar-refractivity contribution is -0.118. The second-order valence-corrected chi connectivity index (χ2v) is 8.86. The summed E-state index contributed by atoms with van der Waals surface area (Å²) in [6, 6.07) is 15.3. The summed E-state index contributed by atoms with van der Waals surface area (Å²) in [4.78, 5) is 25.2. The number of carbonyl (C=O) groups excluding carboxylic acids is 2. The predicted molar refractivity (Wildman–Crippen MR) is 128 cm³/mol. The molecule has 31 heavy (non-hydrogen) atoms. The molecule has 0 aliphatic heterocycles. The molecule has 0 unspecified atom stereocenters. The van der Waals surface area contributed by atoms with Gasteiger partial charge in [0.05, 0.1) is 11.1 Å². The molecule has 7 heteroatoms. The molecule has 2 aromatic carbocycles. The highest BCUT2D eigenvalue weighted by Gasteiger charge is 2.23. The van der Waals surface area contributed by atoms with Crippen molar-refractivity contribution >= 4 is 44.1 Å². The third-order valence-corrected chi connectivity index (χ3v) is 6.10. The van der Waals surface area contributed by atoms with Crippen LogP contribution in [-0.2, 0) is 9.53 Å².